The molecule has 0 N–H and O–H groups in total. The van der Waals surface area contributed by atoms with E-state index in [1.807, 2.05) is 6.92 Å². The van der Waals surface area contributed by atoms with Crippen molar-refractivity contribution >= 4 is 0 Å². The summed E-state index contributed by atoms with van der Waals surface area (Å²) in [4.78, 5) is 0. The van der Waals surface area contributed by atoms with E-state index in [2.05, 4.69) is 20.3 Å². The summed E-state index contributed by atoms with van der Waals surface area (Å²) in [5.41, 5.74) is 0. The minimum absolute atomic E-state index is 0.436. The molecule has 0 aliphatic rings. The van der Waals surface area contributed by atoms with Gasteiger partial charge in [0.05, 0.1) is 6.10 Å². The zero-order valence-electron chi connectivity index (χ0n) is 6.68. The van der Waals surface area contributed by atoms with Gasteiger partial charge in [-0.3, -0.25) is 0 Å². The van der Waals surface area contributed by atoms with Crippen LogP contribution in [0.15, 0.2) is 0 Å². The first kappa shape index (κ1) is 8.96. The molecule has 0 saturated heterocycles. The Morgan fingerprint density at radius 2 is 2.22 bits per heavy atom. The second-order valence-electron chi connectivity index (χ2n) is 2.25. The van der Waals surface area contributed by atoms with Gasteiger partial charge in [0.15, 0.2) is 0 Å². The highest BCUT2D eigenvalue weighted by Crippen LogP contribution is 2.01. The molecular weight excluding hydrogens is 112 g/mol. The van der Waals surface area contributed by atoms with Gasteiger partial charge < -0.3 is 4.74 Å². The fourth-order valence-corrected chi connectivity index (χ4v) is 0.769. The molecule has 1 unspecified atom stereocenters. The molecule has 1 nitrogen and oxygen atoms in total. The van der Waals surface area contributed by atoms with Gasteiger partial charge in [0.1, 0.15) is 0 Å². The van der Waals surface area contributed by atoms with E-state index in [9.17, 15) is 0 Å². The lowest BCUT2D eigenvalue weighted by atomic mass is 10.2. The molecule has 1 atom stereocenters. The molecule has 1 heteroatoms. The average molecular weight is 129 g/mol. The maximum absolute atomic E-state index is 5.32. The van der Waals surface area contributed by atoms with E-state index in [0.717, 1.165) is 13.0 Å². The summed E-state index contributed by atoms with van der Waals surface area (Å²) in [7, 11) is 0. The quantitative estimate of drug-likeness (QED) is 0.554. The van der Waals surface area contributed by atoms with E-state index in [0.29, 0.717) is 6.10 Å². The van der Waals surface area contributed by atoms with E-state index in [4.69, 9.17) is 4.74 Å². The molecule has 0 heterocycles. The molecule has 0 aliphatic heterocycles. The third kappa shape index (κ3) is 5.84. The predicted octanol–water partition coefficient (Wildman–Crippen LogP) is 2.42. The van der Waals surface area contributed by atoms with Crippen LogP contribution in [0.1, 0.15) is 33.6 Å². The van der Waals surface area contributed by atoms with Gasteiger partial charge in [0.2, 0.25) is 0 Å². The van der Waals surface area contributed by atoms with Crippen molar-refractivity contribution in [2.24, 2.45) is 0 Å². The van der Waals surface area contributed by atoms with Crippen molar-refractivity contribution < 1.29 is 4.74 Å². The third-order valence-electron chi connectivity index (χ3n) is 1.31. The van der Waals surface area contributed by atoms with Gasteiger partial charge in [-0.1, -0.05) is 6.92 Å². The third-order valence-corrected chi connectivity index (χ3v) is 1.31. The molecule has 0 aromatic heterocycles. The van der Waals surface area contributed by atoms with Gasteiger partial charge in [-0.15, -0.1) is 0 Å². The first-order valence-electron chi connectivity index (χ1n) is 3.70. The highest BCUT2D eigenvalue weighted by Gasteiger charge is 1.97. The fourth-order valence-electron chi connectivity index (χ4n) is 0.769. The molecule has 0 saturated carbocycles. The lowest BCUT2D eigenvalue weighted by molar-refractivity contribution is 0.0704. The van der Waals surface area contributed by atoms with Crippen LogP contribution in [-0.2, 0) is 4.74 Å². The predicted molar refractivity (Wildman–Crippen MR) is 40.3 cm³/mol. The highest BCUT2D eigenvalue weighted by atomic mass is 16.5. The smallest absolute Gasteiger partial charge is 0.0547 e. The number of hydrogen-bond acceptors (Lipinski definition) is 1. The van der Waals surface area contributed by atoms with Crippen molar-refractivity contribution in [3.05, 3.63) is 6.42 Å². The Kier molecular flexibility index (Phi) is 6.06. The summed E-state index contributed by atoms with van der Waals surface area (Å²) in [5, 5.41) is 0. The topological polar surface area (TPSA) is 9.23 Å². The van der Waals surface area contributed by atoms with E-state index >= 15 is 0 Å². The number of rotatable bonds is 5. The minimum atomic E-state index is 0.436. The zero-order valence-corrected chi connectivity index (χ0v) is 6.68. The van der Waals surface area contributed by atoms with Crippen molar-refractivity contribution in [1.82, 2.24) is 0 Å². The molecular formula is C8H17O. The van der Waals surface area contributed by atoms with Gasteiger partial charge in [-0.05, 0) is 33.1 Å². The van der Waals surface area contributed by atoms with Crippen LogP contribution in [0.2, 0.25) is 0 Å². The first-order chi connectivity index (χ1) is 4.31. The Hall–Kier alpha value is -0.0400. The summed E-state index contributed by atoms with van der Waals surface area (Å²) in [6.07, 6.45) is 4.94. The van der Waals surface area contributed by atoms with Crippen molar-refractivity contribution in [3.63, 3.8) is 0 Å². The van der Waals surface area contributed by atoms with E-state index < -0.39 is 0 Å². The fraction of sp³-hybridized carbons (Fsp3) is 0.875. The summed E-state index contributed by atoms with van der Waals surface area (Å²) in [5.74, 6) is 0. The molecule has 0 fully saturated rings. The minimum Gasteiger partial charge on any atom is -0.379 e. The molecule has 0 amide bonds. The monoisotopic (exact) mass is 129 g/mol. The number of unbranched alkanes of at least 4 members (excludes halogenated alkanes) is 1. The van der Waals surface area contributed by atoms with Crippen LogP contribution in [0.4, 0.5) is 0 Å². The molecule has 0 spiro atoms. The molecule has 0 aromatic rings. The Bertz CT molecular complexity index is 52.5. The maximum atomic E-state index is 5.32. The maximum Gasteiger partial charge on any atom is 0.0547 e. The van der Waals surface area contributed by atoms with Crippen LogP contribution in [0.3, 0.4) is 0 Å². The number of hydrogen-bond donors (Lipinski definition) is 0. The lowest BCUT2D eigenvalue weighted by Gasteiger charge is -2.09. The van der Waals surface area contributed by atoms with Gasteiger partial charge in [-0.2, -0.15) is 0 Å². The molecule has 0 aliphatic carbocycles. The van der Waals surface area contributed by atoms with E-state index in [1.165, 1.54) is 6.42 Å². The van der Waals surface area contributed by atoms with Crippen molar-refractivity contribution in [2.75, 3.05) is 6.61 Å². The van der Waals surface area contributed by atoms with Crippen LogP contribution < -0.4 is 0 Å². The Labute approximate surface area is 58.4 Å². The first-order valence-corrected chi connectivity index (χ1v) is 3.70. The second kappa shape index (κ2) is 6.09. The van der Waals surface area contributed by atoms with Gasteiger partial charge in [0, 0.05) is 6.61 Å². The summed E-state index contributed by atoms with van der Waals surface area (Å²) < 4.78 is 5.32. The average Bonchev–Trinajstić information content (AvgIpc) is 1.85. The van der Waals surface area contributed by atoms with Crippen LogP contribution in [0, 0.1) is 6.42 Å². The zero-order chi connectivity index (χ0) is 7.11. The molecule has 0 bridgehead atoms. The standard InChI is InChI=1S/C8H17O/c1-4-6-7-8(3)9-5-2/h4,8H,5-7H2,1-3H3. The van der Waals surface area contributed by atoms with Gasteiger partial charge in [-0.25, -0.2) is 0 Å². The van der Waals surface area contributed by atoms with E-state index in [1.54, 1.807) is 0 Å². The summed E-state index contributed by atoms with van der Waals surface area (Å²) >= 11 is 0. The lowest BCUT2D eigenvalue weighted by Crippen LogP contribution is -2.06. The normalized spacial score (nSPS) is 13.7. The summed E-state index contributed by atoms with van der Waals surface area (Å²) in [6.45, 7) is 7.07. The molecule has 55 valence electrons. The highest BCUT2D eigenvalue weighted by molar-refractivity contribution is 4.59. The Morgan fingerprint density at radius 3 is 2.67 bits per heavy atom. The largest absolute Gasteiger partial charge is 0.379 e. The molecule has 0 rings (SSSR count). The second-order valence-corrected chi connectivity index (χ2v) is 2.25. The van der Waals surface area contributed by atoms with Crippen LogP contribution in [0.25, 0.3) is 0 Å². The van der Waals surface area contributed by atoms with Gasteiger partial charge in [0.25, 0.3) is 0 Å². The molecule has 0 aromatic carbocycles. The Morgan fingerprint density at radius 1 is 1.56 bits per heavy atom. The van der Waals surface area contributed by atoms with Crippen molar-refractivity contribution in [2.45, 2.75) is 39.7 Å². The van der Waals surface area contributed by atoms with Crippen molar-refractivity contribution in [1.29, 1.82) is 0 Å². The number of ether oxygens (including phenoxy) is 1. The van der Waals surface area contributed by atoms with E-state index in [-0.39, 0.29) is 0 Å². The van der Waals surface area contributed by atoms with Crippen molar-refractivity contribution in [3.8, 4) is 0 Å². The molecule has 1 radical (unpaired) electrons. The Balaban J connectivity index is 2.95. The van der Waals surface area contributed by atoms with Crippen LogP contribution in [-0.4, -0.2) is 12.7 Å². The van der Waals surface area contributed by atoms with Crippen LogP contribution in [0.5, 0.6) is 0 Å². The SMILES string of the molecule is C[CH]CCC(C)OCC. The molecule has 9 heavy (non-hydrogen) atoms. The van der Waals surface area contributed by atoms with Crippen LogP contribution >= 0.6 is 0 Å². The van der Waals surface area contributed by atoms with Gasteiger partial charge >= 0.3 is 0 Å². The summed E-state index contributed by atoms with van der Waals surface area (Å²) in [6, 6.07) is 0.